The molecule has 5 nitrogen and oxygen atoms in total. The average Bonchev–Trinajstić information content (AvgIpc) is 2.99. The summed E-state index contributed by atoms with van der Waals surface area (Å²) in [4.78, 5) is 28.3. The molecule has 0 aromatic heterocycles. The van der Waals surface area contributed by atoms with Crippen LogP contribution in [0.15, 0.2) is 76.6 Å². The highest BCUT2D eigenvalue weighted by Crippen LogP contribution is 2.27. The molecule has 1 heterocycles. The van der Waals surface area contributed by atoms with Crippen molar-refractivity contribution in [3.63, 3.8) is 0 Å². The van der Waals surface area contributed by atoms with Gasteiger partial charge in [0.1, 0.15) is 5.75 Å². The molecule has 2 N–H and O–H groups in total. The number of ether oxygens (including phenoxy) is 1. The summed E-state index contributed by atoms with van der Waals surface area (Å²) < 4.78 is 5.50. The van der Waals surface area contributed by atoms with Crippen LogP contribution in [0.25, 0.3) is 16.8 Å². The minimum atomic E-state index is -0.416. The largest absolute Gasteiger partial charge is 0.423 e. The number of fused-ring (bicyclic) bond motifs is 1. The molecule has 1 amide bonds. The van der Waals surface area contributed by atoms with Crippen LogP contribution in [0.4, 0.5) is 0 Å². The SMILES string of the molecule is NC1=NC(=O)C(=Cc2ccc(OC(=O)c3cccc4ccccc34)cc2)S1. The molecule has 0 bridgehead atoms. The summed E-state index contributed by atoms with van der Waals surface area (Å²) in [5.41, 5.74) is 6.84. The third-order valence-corrected chi connectivity index (χ3v) is 4.85. The smallest absolute Gasteiger partial charge is 0.344 e. The minimum absolute atomic E-state index is 0.242. The molecule has 0 aliphatic carbocycles. The Balaban J connectivity index is 1.52. The molecule has 6 heteroatoms. The third-order valence-electron chi connectivity index (χ3n) is 4.04. The molecule has 27 heavy (non-hydrogen) atoms. The lowest BCUT2D eigenvalue weighted by molar-refractivity contribution is -0.113. The van der Waals surface area contributed by atoms with Gasteiger partial charge in [-0.25, -0.2) is 4.79 Å². The Morgan fingerprint density at radius 3 is 2.48 bits per heavy atom. The number of rotatable bonds is 3. The number of nitrogens with zero attached hydrogens (tertiary/aromatic N) is 1. The Morgan fingerprint density at radius 1 is 1.00 bits per heavy atom. The number of nitrogens with two attached hydrogens (primary N) is 1. The molecular formula is C21H14N2O3S. The zero-order valence-electron chi connectivity index (χ0n) is 14.1. The van der Waals surface area contributed by atoms with E-state index in [1.165, 1.54) is 0 Å². The summed E-state index contributed by atoms with van der Waals surface area (Å²) in [5, 5.41) is 2.07. The fourth-order valence-corrected chi connectivity index (χ4v) is 3.46. The van der Waals surface area contributed by atoms with E-state index >= 15 is 0 Å². The van der Waals surface area contributed by atoms with Crippen molar-refractivity contribution in [2.45, 2.75) is 0 Å². The Labute approximate surface area is 159 Å². The third kappa shape index (κ3) is 3.61. The first-order valence-corrected chi connectivity index (χ1v) is 9.00. The van der Waals surface area contributed by atoms with E-state index in [1.807, 2.05) is 36.4 Å². The average molecular weight is 374 g/mol. The van der Waals surface area contributed by atoms with Crippen molar-refractivity contribution in [1.29, 1.82) is 0 Å². The number of thioether (sulfide) groups is 1. The normalized spacial score (nSPS) is 15.2. The molecule has 3 aromatic carbocycles. The van der Waals surface area contributed by atoms with Crippen LogP contribution in [0.5, 0.6) is 5.75 Å². The van der Waals surface area contributed by atoms with Crippen molar-refractivity contribution in [2.24, 2.45) is 10.7 Å². The Hall–Kier alpha value is -3.38. The number of aliphatic imine (C=N–C) groups is 1. The number of benzene rings is 3. The number of amides is 1. The zero-order chi connectivity index (χ0) is 18.8. The molecule has 0 unspecified atom stereocenters. The number of carbonyl (C=O) groups excluding carboxylic acids is 2. The Morgan fingerprint density at radius 2 is 1.74 bits per heavy atom. The van der Waals surface area contributed by atoms with Crippen LogP contribution in [-0.4, -0.2) is 17.0 Å². The minimum Gasteiger partial charge on any atom is -0.423 e. The molecule has 0 saturated heterocycles. The van der Waals surface area contributed by atoms with Crippen molar-refractivity contribution < 1.29 is 14.3 Å². The monoisotopic (exact) mass is 374 g/mol. The summed E-state index contributed by atoms with van der Waals surface area (Å²) >= 11 is 1.14. The van der Waals surface area contributed by atoms with Crippen LogP contribution in [0.1, 0.15) is 15.9 Å². The van der Waals surface area contributed by atoms with Gasteiger partial charge in [0.05, 0.1) is 10.5 Å². The van der Waals surface area contributed by atoms with E-state index in [0.717, 1.165) is 28.1 Å². The number of amidine groups is 1. The molecule has 0 spiro atoms. The van der Waals surface area contributed by atoms with E-state index < -0.39 is 5.97 Å². The number of hydrogen-bond donors (Lipinski definition) is 1. The highest BCUT2D eigenvalue weighted by atomic mass is 32.2. The summed E-state index contributed by atoms with van der Waals surface area (Å²) in [5.74, 6) is -0.333. The standard InChI is InChI=1S/C21H14N2O3S/c22-21-23-19(24)18(27-21)12-13-8-10-15(11-9-13)26-20(25)17-7-3-5-14-4-1-2-6-16(14)17/h1-12H,(H2,22,23,24). The van der Waals surface area contributed by atoms with Crippen LogP contribution in [0, 0.1) is 0 Å². The van der Waals surface area contributed by atoms with Crippen LogP contribution in [0.3, 0.4) is 0 Å². The fraction of sp³-hybridized carbons (Fsp3) is 0. The highest BCUT2D eigenvalue weighted by molar-refractivity contribution is 8.18. The molecule has 1 aliphatic rings. The zero-order valence-corrected chi connectivity index (χ0v) is 14.9. The maximum absolute atomic E-state index is 12.6. The second-order valence-corrected chi connectivity index (χ2v) is 6.91. The first-order valence-electron chi connectivity index (χ1n) is 8.18. The number of hydrogen-bond acceptors (Lipinski definition) is 5. The first kappa shape index (κ1) is 17.1. The maximum Gasteiger partial charge on any atom is 0.344 e. The van der Waals surface area contributed by atoms with Gasteiger partial charge in [-0.15, -0.1) is 0 Å². The van der Waals surface area contributed by atoms with Crippen molar-refractivity contribution in [1.82, 2.24) is 0 Å². The van der Waals surface area contributed by atoms with Gasteiger partial charge in [0.25, 0.3) is 5.91 Å². The van der Waals surface area contributed by atoms with Gasteiger partial charge in [0, 0.05) is 0 Å². The summed E-state index contributed by atoms with van der Waals surface area (Å²) in [7, 11) is 0. The Kier molecular flexibility index (Phi) is 4.48. The van der Waals surface area contributed by atoms with Gasteiger partial charge in [-0.3, -0.25) is 4.79 Å². The molecular weight excluding hydrogens is 360 g/mol. The molecule has 3 aromatic rings. The lowest BCUT2D eigenvalue weighted by Crippen LogP contribution is -2.09. The molecule has 1 aliphatic heterocycles. The van der Waals surface area contributed by atoms with Gasteiger partial charge >= 0.3 is 5.97 Å². The lowest BCUT2D eigenvalue weighted by Gasteiger charge is -2.07. The van der Waals surface area contributed by atoms with E-state index in [9.17, 15) is 9.59 Å². The predicted molar refractivity (Wildman–Crippen MR) is 108 cm³/mol. The molecule has 0 atom stereocenters. The first-order chi connectivity index (χ1) is 13.1. The van der Waals surface area contributed by atoms with Crippen LogP contribution < -0.4 is 10.5 Å². The van der Waals surface area contributed by atoms with Crippen molar-refractivity contribution in [2.75, 3.05) is 0 Å². The number of carbonyl (C=O) groups is 2. The molecule has 4 rings (SSSR count). The quantitative estimate of drug-likeness (QED) is 0.426. The fourth-order valence-electron chi connectivity index (χ4n) is 2.77. The summed E-state index contributed by atoms with van der Waals surface area (Å²) in [6.07, 6.45) is 1.70. The van der Waals surface area contributed by atoms with Gasteiger partial charge in [0.15, 0.2) is 5.17 Å². The van der Waals surface area contributed by atoms with E-state index in [0.29, 0.717) is 16.2 Å². The van der Waals surface area contributed by atoms with E-state index in [4.69, 9.17) is 10.5 Å². The van der Waals surface area contributed by atoms with Gasteiger partial charge in [-0.2, -0.15) is 4.99 Å². The molecule has 132 valence electrons. The van der Waals surface area contributed by atoms with Gasteiger partial charge in [-0.1, -0.05) is 48.5 Å². The molecule has 0 saturated carbocycles. The van der Waals surface area contributed by atoms with Crippen LogP contribution >= 0.6 is 11.8 Å². The predicted octanol–water partition coefficient (Wildman–Crippen LogP) is 3.99. The Bertz CT molecular complexity index is 1110. The van der Waals surface area contributed by atoms with E-state index in [2.05, 4.69) is 4.99 Å². The van der Waals surface area contributed by atoms with Crippen LogP contribution in [0.2, 0.25) is 0 Å². The molecule has 0 radical (unpaired) electrons. The van der Waals surface area contributed by atoms with E-state index in [1.54, 1.807) is 36.4 Å². The van der Waals surface area contributed by atoms with Gasteiger partial charge in [0.2, 0.25) is 0 Å². The number of esters is 1. The second-order valence-electron chi connectivity index (χ2n) is 5.85. The van der Waals surface area contributed by atoms with E-state index in [-0.39, 0.29) is 11.1 Å². The van der Waals surface area contributed by atoms with Crippen molar-refractivity contribution in [3.05, 3.63) is 82.8 Å². The van der Waals surface area contributed by atoms with Gasteiger partial charge in [-0.05, 0) is 52.4 Å². The summed E-state index contributed by atoms with van der Waals surface area (Å²) in [6.45, 7) is 0. The summed E-state index contributed by atoms with van der Waals surface area (Å²) in [6, 6.07) is 20.1. The lowest BCUT2D eigenvalue weighted by atomic mass is 10.0. The van der Waals surface area contributed by atoms with Crippen molar-refractivity contribution >= 4 is 45.7 Å². The second kappa shape index (κ2) is 7.09. The van der Waals surface area contributed by atoms with Crippen LogP contribution in [-0.2, 0) is 4.79 Å². The highest BCUT2D eigenvalue weighted by Gasteiger charge is 2.19. The van der Waals surface area contributed by atoms with Gasteiger partial charge < -0.3 is 10.5 Å². The topological polar surface area (TPSA) is 81.8 Å². The van der Waals surface area contributed by atoms with Crippen molar-refractivity contribution in [3.8, 4) is 5.75 Å². The molecule has 0 fully saturated rings. The maximum atomic E-state index is 12.6.